The fourth-order valence-corrected chi connectivity index (χ4v) is 2.56. The van der Waals surface area contributed by atoms with Crippen molar-refractivity contribution in [3.63, 3.8) is 0 Å². The van der Waals surface area contributed by atoms with Gasteiger partial charge in [0, 0.05) is 18.4 Å². The smallest absolute Gasteiger partial charge is 0.257 e. The highest BCUT2D eigenvalue weighted by atomic mass is 35.5. The maximum atomic E-state index is 12.6. The van der Waals surface area contributed by atoms with E-state index in [1.54, 1.807) is 12.3 Å². The number of carbonyl (C=O) groups is 1. The van der Waals surface area contributed by atoms with Crippen LogP contribution in [-0.4, -0.2) is 41.1 Å². The lowest BCUT2D eigenvalue weighted by molar-refractivity contribution is -0.0444. The van der Waals surface area contributed by atoms with Crippen molar-refractivity contribution < 1.29 is 9.53 Å². The molecule has 2 atom stereocenters. The number of nitrogens with zero attached hydrogens (tertiary/aromatic N) is 2. The van der Waals surface area contributed by atoms with Gasteiger partial charge in [-0.05, 0) is 26.3 Å². The van der Waals surface area contributed by atoms with Gasteiger partial charge < -0.3 is 9.64 Å². The summed E-state index contributed by atoms with van der Waals surface area (Å²) in [5.74, 6) is -0.0560. The number of rotatable bonds is 2. The maximum Gasteiger partial charge on any atom is 0.257 e. The predicted octanol–water partition coefficient (Wildman–Crippen LogP) is 2.68. The normalized spacial score (nSPS) is 23.5. The van der Waals surface area contributed by atoms with E-state index < -0.39 is 0 Å². The largest absolute Gasteiger partial charge is 0.375 e. The maximum absolute atomic E-state index is 12.6. The quantitative estimate of drug-likeness (QED) is 0.837. The molecular formula is C14H19ClN2O2. The number of halogens is 1. The molecule has 2 rings (SSSR count). The fourth-order valence-electron chi connectivity index (χ4n) is 2.27. The van der Waals surface area contributed by atoms with Crippen LogP contribution in [0.3, 0.4) is 0 Å². The lowest BCUT2D eigenvalue weighted by atomic mass is 10.1. The Balaban J connectivity index is 2.25. The van der Waals surface area contributed by atoms with Gasteiger partial charge in [-0.1, -0.05) is 18.5 Å². The number of amides is 1. The van der Waals surface area contributed by atoms with Crippen molar-refractivity contribution in [1.82, 2.24) is 9.88 Å². The van der Waals surface area contributed by atoms with Crippen LogP contribution in [0.4, 0.5) is 0 Å². The predicted molar refractivity (Wildman–Crippen MR) is 74.5 cm³/mol. The topological polar surface area (TPSA) is 42.4 Å². The highest BCUT2D eigenvalue weighted by Crippen LogP contribution is 2.22. The Morgan fingerprint density at radius 3 is 3.00 bits per heavy atom. The van der Waals surface area contributed by atoms with Crippen LogP contribution in [0, 0.1) is 6.92 Å². The van der Waals surface area contributed by atoms with Crippen molar-refractivity contribution in [2.24, 2.45) is 0 Å². The number of hydrogen-bond donors (Lipinski definition) is 0. The van der Waals surface area contributed by atoms with Gasteiger partial charge in [0.1, 0.15) is 0 Å². The number of pyridine rings is 1. The second-order valence-electron chi connectivity index (χ2n) is 4.97. The van der Waals surface area contributed by atoms with Crippen LogP contribution in [-0.2, 0) is 4.74 Å². The zero-order valence-corrected chi connectivity index (χ0v) is 12.3. The van der Waals surface area contributed by atoms with Gasteiger partial charge in [0.05, 0.1) is 29.3 Å². The van der Waals surface area contributed by atoms with Gasteiger partial charge in [-0.15, -0.1) is 0 Å². The van der Waals surface area contributed by atoms with Crippen LogP contribution in [0.2, 0.25) is 5.02 Å². The molecule has 2 heterocycles. The first-order chi connectivity index (χ1) is 9.02. The fraction of sp³-hybridized carbons (Fsp3) is 0.571. The van der Waals surface area contributed by atoms with E-state index in [0.717, 1.165) is 12.1 Å². The standard InChI is InChI=1S/C14H19ClN2O2/c1-4-11-8-19-10(3)7-17(11)14(18)12-6-16-9(2)5-13(12)15/h5-6,10-11H,4,7-8H2,1-3H3. The number of hydrogen-bond acceptors (Lipinski definition) is 3. The van der Waals surface area contributed by atoms with E-state index in [9.17, 15) is 4.79 Å². The summed E-state index contributed by atoms with van der Waals surface area (Å²) in [6.45, 7) is 7.06. The second kappa shape index (κ2) is 5.88. The minimum Gasteiger partial charge on any atom is -0.375 e. The highest BCUT2D eigenvalue weighted by Gasteiger charge is 2.31. The Kier molecular flexibility index (Phi) is 4.42. The van der Waals surface area contributed by atoms with Crippen molar-refractivity contribution in [1.29, 1.82) is 0 Å². The molecule has 0 bridgehead atoms. The molecule has 0 saturated carbocycles. The first-order valence-electron chi connectivity index (χ1n) is 6.57. The minimum absolute atomic E-state index is 0.0560. The van der Waals surface area contributed by atoms with Gasteiger partial charge >= 0.3 is 0 Å². The molecule has 4 nitrogen and oxygen atoms in total. The average molecular weight is 283 g/mol. The zero-order chi connectivity index (χ0) is 14.0. The van der Waals surface area contributed by atoms with Crippen LogP contribution in [0.25, 0.3) is 0 Å². The minimum atomic E-state index is -0.0560. The Hall–Kier alpha value is -1.13. The first-order valence-corrected chi connectivity index (χ1v) is 6.95. The van der Waals surface area contributed by atoms with Gasteiger partial charge in [-0.2, -0.15) is 0 Å². The van der Waals surface area contributed by atoms with Crippen LogP contribution in [0.1, 0.15) is 36.3 Å². The van der Waals surface area contributed by atoms with E-state index in [0.29, 0.717) is 23.7 Å². The van der Waals surface area contributed by atoms with Gasteiger partial charge in [0.25, 0.3) is 5.91 Å². The van der Waals surface area contributed by atoms with Crippen molar-refractivity contribution >= 4 is 17.5 Å². The van der Waals surface area contributed by atoms with E-state index >= 15 is 0 Å². The number of aromatic nitrogens is 1. The molecule has 0 aliphatic carbocycles. The van der Waals surface area contributed by atoms with Crippen LogP contribution < -0.4 is 0 Å². The van der Waals surface area contributed by atoms with Gasteiger partial charge in [-0.25, -0.2) is 0 Å². The number of carbonyl (C=O) groups excluding carboxylic acids is 1. The van der Waals surface area contributed by atoms with E-state index in [-0.39, 0.29) is 18.1 Å². The Labute approximate surface area is 118 Å². The second-order valence-corrected chi connectivity index (χ2v) is 5.38. The summed E-state index contributed by atoms with van der Waals surface area (Å²) in [5.41, 5.74) is 1.28. The van der Waals surface area contributed by atoms with E-state index in [2.05, 4.69) is 11.9 Å². The summed E-state index contributed by atoms with van der Waals surface area (Å²) in [7, 11) is 0. The van der Waals surface area contributed by atoms with Crippen molar-refractivity contribution in [3.05, 3.63) is 28.5 Å². The third kappa shape index (κ3) is 3.07. The summed E-state index contributed by atoms with van der Waals surface area (Å²) in [6, 6.07) is 1.83. The van der Waals surface area contributed by atoms with Gasteiger partial charge in [0.2, 0.25) is 0 Å². The molecule has 1 aromatic heterocycles. The van der Waals surface area contributed by atoms with E-state index in [1.807, 2.05) is 18.7 Å². The first kappa shape index (κ1) is 14.3. The Morgan fingerprint density at radius 2 is 2.37 bits per heavy atom. The van der Waals surface area contributed by atoms with Crippen LogP contribution in [0.5, 0.6) is 0 Å². The highest BCUT2D eigenvalue weighted by molar-refractivity contribution is 6.33. The summed E-state index contributed by atoms with van der Waals surface area (Å²) < 4.78 is 5.60. The molecule has 1 aromatic rings. The summed E-state index contributed by atoms with van der Waals surface area (Å²) in [6.07, 6.45) is 2.49. The van der Waals surface area contributed by atoms with Gasteiger partial charge in [0.15, 0.2) is 0 Å². The van der Waals surface area contributed by atoms with Crippen LogP contribution in [0.15, 0.2) is 12.3 Å². The molecule has 1 amide bonds. The Morgan fingerprint density at radius 1 is 1.63 bits per heavy atom. The molecule has 0 aromatic carbocycles. The molecule has 0 radical (unpaired) electrons. The van der Waals surface area contributed by atoms with E-state index in [4.69, 9.17) is 16.3 Å². The van der Waals surface area contributed by atoms with Gasteiger partial charge in [-0.3, -0.25) is 9.78 Å². The lowest BCUT2D eigenvalue weighted by Gasteiger charge is -2.38. The molecule has 0 spiro atoms. The third-order valence-corrected chi connectivity index (χ3v) is 3.73. The molecule has 1 aliphatic rings. The van der Waals surface area contributed by atoms with Crippen LogP contribution >= 0.6 is 11.6 Å². The molecule has 1 fully saturated rings. The number of aryl methyl sites for hydroxylation is 1. The number of ether oxygens (including phenoxy) is 1. The molecule has 1 saturated heterocycles. The van der Waals surface area contributed by atoms with Crippen molar-refractivity contribution in [2.75, 3.05) is 13.2 Å². The SMILES string of the molecule is CCC1COC(C)CN1C(=O)c1cnc(C)cc1Cl. The lowest BCUT2D eigenvalue weighted by Crippen LogP contribution is -2.51. The monoisotopic (exact) mass is 282 g/mol. The van der Waals surface area contributed by atoms with Crippen molar-refractivity contribution in [2.45, 2.75) is 39.3 Å². The summed E-state index contributed by atoms with van der Waals surface area (Å²) in [5, 5.41) is 0.464. The molecule has 104 valence electrons. The summed E-state index contributed by atoms with van der Waals surface area (Å²) in [4.78, 5) is 18.6. The number of morpholine rings is 1. The molecule has 19 heavy (non-hydrogen) atoms. The third-order valence-electron chi connectivity index (χ3n) is 3.42. The Bertz CT molecular complexity index is 479. The molecule has 5 heteroatoms. The molecule has 2 unspecified atom stereocenters. The molecule has 1 aliphatic heterocycles. The summed E-state index contributed by atoms with van der Waals surface area (Å²) >= 11 is 6.15. The molecular weight excluding hydrogens is 264 g/mol. The average Bonchev–Trinajstić information content (AvgIpc) is 2.38. The molecule has 0 N–H and O–H groups in total. The van der Waals surface area contributed by atoms with E-state index in [1.165, 1.54) is 0 Å². The zero-order valence-electron chi connectivity index (χ0n) is 11.5. The van der Waals surface area contributed by atoms with Crippen molar-refractivity contribution in [3.8, 4) is 0 Å².